The lowest BCUT2D eigenvalue weighted by atomic mass is 9.98. The molecule has 2 aliphatic rings. The summed E-state index contributed by atoms with van der Waals surface area (Å²) < 4.78 is 5.09. The first kappa shape index (κ1) is 19.6. The lowest BCUT2D eigenvalue weighted by Gasteiger charge is -2.41. The largest absolute Gasteiger partial charge is 0.462 e. The minimum atomic E-state index is -1.48. The molecule has 2 heterocycles. The standard InChI is InChI=1S/C22H21N3O5/c1-2-13-30-20(28)14-7-9-15(10-8-14)23-21(29)22-12-11-18(26)25(22)17-6-4-3-5-16(17)19(27)24-22/h3-10H,2,11-13H2,1H3,(H,23,29)(H,24,27)/t22-/m0/s1. The van der Waals surface area contributed by atoms with E-state index in [4.69, 9.17) is 4.74 Å². The van der Waals surface area contributed by atoms with Crippen molar-refractivity contribution in [1.29, 1.82) is 0 Å². The molecule has 30 heavy (non-hydrogen) atoms. The topological polar surface area (TPSA) is 105 Å². The maximum Gasteiger partial charge on any atom is 0.338 e. The molecule has 154 valence electrons. The van der Waals surface area contributed by atoms with Crippen LogP contribution in [0.4, 0.5) is 11.4 Å². The fourth-order valence-electron chi connectivity index (χ4n) is 3.77. The zero-order valence-corrected chi connectivity index (χ0v) is 16.4. The molecule has 8 heteroatoms. The Balaban J connectivity index is 1.58. The molecule has 2 aromatic carbocycles. The maximum atomic E-state index is 13.2. The van der Waals surface area contributed by atoms with E-state index in [0.717, 1.165) is 6.42 Å². The highest BCUT2D eigenvalue weighted by Crippen LogP contribution is 2.39. The molecule has 1 atom stereocenters. The molecular formula is C22H21N3O5. The zero-order chi connectivity index (χ0) is 21.3. The minimum Gasteiger partial charge on any atom is -0.462 e. The number of carbonyl (C=O) groups excluding carboxylic acids is 4. The molecule has 2 aliphatic heterocycles. The van der Waals surface area contributed by atoms with Crippen LogP contribution in [0, 0.1) is 0 Å². The van der Waals surface area contributed by atoms with Crippen molar-refractivity contribution in [2.24, 2.45) is 0 Å². The predicted molar refractivity (Wildman–Crippen MR) is 109 cm³/mol. The van der Waals surface area contributed by atoms with Crippen molar-refractivity contribution in [2.45, 2.75) is 31.8 Å². The van der Waals surface area contributed by atoms with Crippen LogP contribution in [0.5, 0.6) is 0 Å². The van der Waals surface area contributed by atoms with Crippen LogP contribution >= 0.6 is 0 Å². The third-order valence-electron chi connectivity index (χ3n) is 5.23. The Morgan fingerprint density at radius 1 is 1.13 bits per heavy atom. The molecule has 0 unspecified atom stereocenters. The zero-order valence-electron chi connectivity index (χ0n) is 16.4. The van der Waals surface area contributed by atoms with E-state index in [1.54, 1.807) is 48.5 Å². The number of amides is 3. The number of fused-ring (bicyclic) bond motifs is 3. The lowest BCUT2D eigenvalue weighted by Crippen LogP contribution is -2.68. The monoisotopic (exact) mass is 407 g/mol. The second-order valence-corrected chi connectivity index (χ2v) is 7.23. The van der Waals surface area contributed by atoms with Crippen molar-refractivity contribution in [1.82, 2.24) is 5.32 Å². The molecule has 0 bridgehead atoms. The van der Waals surface area contributed by atoms with Crippen LogP contribution in [-0.4, -0.2) is 36.0 Å². The number of esters is 1. The normalized spacial score (nSPS) is 19.6. The molecule has 0 aliphatic carbocycles. The van der Waals surface area contributed by atoms with Gasteiger partial charge in [-0.3, -0.25) is 19.3 Å². The molecule has 1 saturated heterocycles. The van der Waals surface area contributed by atoms with E-state index in [2.05, 4.69) is 10.6 Å². The van der Waals surface area contributed by atoms with E-state index in [1.165, 1.54) is 4.90 Å². The summed E-state index contributed by atoms with van der Waals surface area (Å²) in [6.45, 7) is 2.25. The predicted octanol–water partition coefficient (Wildman–Crippen LogP) is 2.46. The van der Waals surface area contributed by atoms with Crippen molar-refractivity contribution >= 4 is 35.1 Å². The number of ether oxygens (including phenoxy) is 1. The Morgan fingerprint density at radius 3 is 2.60 bits per heavy atom. The molecule has 0 aromatic heterocycles. The number of hydrogen-bond donors (Lipinski definition) is 2. The third kappa shape index (κ3) is 3.20. The van der Waals surface area contributed by atoms with E-state index >= 15 is 0 Å². The summed E-state index contributed by atoms with van der Waals surface area (Å²) >= 11 is 0. The van der Waals surface area contributed by atoms with E-state index in [1.807, 2.05) is 6.92 Å². The van der Waals surface area contributed by atoms with Crippen LogP contribution in [0.25, 0.3) is 0 Å². The molecule has 2 N–H and O–H groups in total. The first-order chi connectivity index (χ1) is 14.5. The van der Waals surface area contributed by atoms with Gasteiger partial charge in [0.25, 0.3) is 11.8 Å². The SMILES string of the molecule is CCCOC(=O)c1ccc(NC(=O)[C@]23CCC(=O)N2c2ccccc2C(=O)N3)cc1. The fraction of sp³-hybridized carbons (Fsp3) is 0.273. The quantitative estimate of drug-likeness (QED) is 0.741. The number of hydrogen-bond acceptors (Lipinski definition) is 5. The third-order valence-corrected chi connectivity index (χ3v) is 5.23. The number of rotatable bonds is 5. The highest BCUT2D eigenvalue weighted by Gasteiger charge is 2.56. The summed E-state index contributed by atoms with van der Waals surface area (Å²) in [5.41, 5.74) is 0.103. The number of nitrogens with one attached hydrogen (secondary N) is 2. The van der Waals surface area contributed by atoms with Crippen LogP contribution in [-0.2, 0) is 14.3 Å². The van der Waals surface area contributed by atoms with Crippen LogP contribution < -0.4 is 15.5 Å². The average Bonchev–Trinajstić information content (AvgIpc) is 3.10. The Labute approximate surface area is 173 Å². The highest BCUT2D eigenvalue weighted by atomic mass is 16.5. The summed E-state index contributed by atoms with van der Waals surface area (Å²) in [5.74, 6) is -1.58. The van der Waals surface area contributed by atoms with Gasteiger partial charge < -0.3 is 15.4 Å². The summed E-state index contributed by atoms with van der Waals surface area (Å²) in [7, 11) is 0. The molecule has 2 aromatic rings. The number of nitrogens with zero attached hydrogens (tertiary/aromatic N) is 1. The van der Waals surface area contributed by atoms with Crippen molar-refractivity contribution < 1.29 is 23.9 Å². The van der Waals surface area contributed by atoms with Crippen molar-refractivity contribution in [3.8, 4) is 0 Å². The van der Waals surface area contributed by atoms with Crippen LogP contribution in [0.1, 0.15) is 46.9 Å². The number of para-hydroxylation sites is 1. The van der Waals surface area contributed by atoms with Gasteiger partial charge in [-0.05, 0) is 42.8 Å². The van der Waals surface area contributed by atoms with E-state index in [0.29, 0.717) is 29.1 Å². The van der Waals surface area contributed by atoms with Crippen LogP contribution in [0.15, 0.2) is 48.5 Å². The smallest absolute Gasteiger partial charge is 0.338 e. The molecular weight excluding hydrogens is 386 g/mol. The van der Waals surface area contributed by atoms with Gasteiger partial charge in [-0.2, -0.15) is 0 Å². The van der Waals surface area contributed by atoms with E-state index in [9.17, 15) is 19.2 Å². The summed E-state index contributed by atoms with van der Waals surface area (Å²) in [6.07, 6.45) is 1.04. The first-order valence-corrected chi connectivity index (χ1v) is 9.79. The maximum absolute atomic E-state index is 13.2. The van der Waals surface area contributed by atoms with Crippen molar-refractivity contribution in [3.63, 3.8) is 0 Å². The first-order valence-electron chi connectivity index (χ1n) is 9.79. The van der Waals surface area contributed by atoms with Gasteiger partial charge in [-0.15, -0.1) is 0 Å². The molecule has 0 spiro atoms. The Bertz CT molecular complexity index is 1030. The average molecular weight is 407 g/mol. The van der Waals surface area contributed by atoms with Gasteiger partial charge >= 0.3 is 5.97 Å². The Morgan fingerprint density at radius 2 is 1.87 bits per heavy atom. The van der Waals surface area contributed by atoms with E-state index in [-0.39, 0.29) is 18.7 Å². The van der Waals surface area contributed by atoms with Gasteiger partial charge in [-0.1, -0.05) is 19.1 Å². The lowest BCUT2D eigenvalue weighted by molar-refractivity contribution is -0.124. The molecule has 1 fully saturated rings. The van der Waals surface area contributed by atoms with Gasteiger partial charge in [0.15, 0.2) is 0 Å². The minimum absolute atomic E-state index is 0.143. The second-order valence-electron chi connectivity index (χ2n) is 7.23. The van der Waals surface area contributed by atoms with Gasteiger partial charge in [0.2, 0.25) is 11.6 Å². The van der Waals surface area contributed by atoms with Crippen molar-refractivity contribution in [3.05, 3.63) is 59.7 Å². The fourth-order valence-corrected chi connectivity index (χ4v) is 3.77. The Kier molecular flexibility index (Phi) is 4.99. The summed E-state index contributed by atoms with van der Waals surface area (Å²) in [6, 6.07) is 13.0. The molecule has 3 amide bonds. The number of benzene rings is 2. The van der Waals surface area contributed by atoms with Crippen LogP contribution in [0.2, 0.25) is 0 Å². The molecule has 0 radical (unpaired) electrons. The second kappa shape index (κ2) is 7.62. The van der Waals surface area contributed by atoms with E-state index < -0.39 is 23.4 Å². The highest BCUT2D eigenvalue weighted by molar-refractivity contribution is 6.18. The van der Waals surface area contributed by atoms with Gasteiger partial charge in [0.05, 0.1) is 23.4 Å². The van der Waals surface area contributed by atoms with Gasteiger partial charge in [0, 0.05) is 18.5 Å². The molecule has 4 rings (SSSR count). The molecule has 8 nitrogen and oxygen atoms in total. The summed E-state index contributed by atoms with van der Waals surface area (Å²) in [5, 5.41) is 5.49. The number of anilines is 2. The van der Waals surface area contributed by atoms with Gasteiger partial charge in [-0.25, -0.2) is 4.79 Å². The Hall–Kier alpha value is -3.68. The van der Waals surface area contributed by atoms with Gasteiger partial charge in [0.1, 0.15) is 0 Å². The summed E-state index contributed by atoms with van der Waals surface area (Å²) in [4.78, 5) is 51.7. The molecule has 0 saturated carbocycles. The van der Waals surface area contributed by atoms with Crippen LogP contribution in [0.3, 0.4) is 0 Å². The van der Waals surface area contributed by atoms with Crippen molar-refractivity contribution in [2.75, 3.05) is 16.8 Å². The number of carbonyl (C=O) groups is 4.